The van der Waals surface area contributed by atoms with Crippen LogP contribution in [-0.4, -0.2) is 31.3 Å². The first-order valence-corrected chi connectivity index (χ1v) is 11.5. The highest BCUT2D eigenvalue weighted by atomic mass is 127. The zero-order valence-corrected chi connectivity index (χ0v) is 20.1. The fourth-order valence-corrected chi connectivity index (χ4v) is 4.85. The zero-order valence-electron chi connectivity index (χ0n) is 17.9. The average molecular weight is 541 g/mol. The van der Waals surface area contributed by atoms with Gasteiger partial charge in [0.1, 0.15) is 12.1 Å². The Morgan fingerprint density at radius 2 is 1.50 bits per heavy atom. The van der Waals surface area contributed by atoms with E-state index in [4.69, 9.17) is 9.47 Å². The Morgan fingerprint density at radius 3 is 2.09 bits per heavy atom. The van der Waals surface area contributed by atoms with E-state index >= 15 is 0 Å². The van der Waals surface area contributed by atoms with Crippen molar-refractivity contribution in [1.82, 2.24) is 5.32 Å². The van der Waals surface area contributed by atoms with Gasteiger partial charge in [0, 0.05) is 15.9 Å². The Labute approximate surface area is 201 Å². The minimum absolute atomic E-state index is 0.0485. The average Bonchev–Trinajstić information content (AvgIpc) is 3.12. The summed E-state index contributed by atoms with van der Waals surface area (Å²) in [6.45, 7) is 1.84. The van der Waals surface area contributed by atoms with Crippen LogP contribution in [-0.2, 0) is 20.7 Å². The van der Waals surface area contributed by atoms with Crippen molar-refractivity contribution < 1.29 is 19.1 Å². The molecule has 1 N–H and O–H groups in total. The van der Waals surface area contributed by atoms with Crippen molar-refractivity contribution in [2.24, 2.45) is 0 Å². The number of hydrogen-bond acceptors (Lipinski definition) is 4. The Kier molecular flexibility index (Phi) is 6.50. The molecule has 1 atom stereocenters. The van der Waals surface area contributed by atoms with Crippen LogP contribution in [0.15, 0.2) is 72.8 Å². The van der Waals surface area contributed by atoms with E-state index in [1.807, 2.05) is 48.5 Å². The van der Waals surface area contributed by atoms with Crippen molar-refractivity contribution in [3.8, 4) is 11.1 Å². The van der Waals surface area contributed by atoms with Gasteiger partial charge in [-0.2, -0.15) is 0 Å². The Balaban J connectivity index is 1.50. The van der Waals surface area contributed by atoms with Crippen LogP contribution in [0.1, 0.15) is 29.5 Å². The molecule has 0 aromatic heterocycles. The van der Waals surface area contributed by atoms with Crippen LogP contribution in [0.5, 0.6) is 0 Å². The number of benzene rings is 3. The lowest BCUT2D eigenvalue weighted by Gasteiger charge is -2.28. The second kappa shape index (κ2) is 9.32. The number of amides is 1. The molecule has 1 aliphatic rings. The molecule has 3 aromatic carbocycles. The van der Waals surface area contributed by atoms with Gasteiger partial charge in [0.2, 0.25) is 0 Å². The maximum absolute atomic E-state index is 12.8. The van der Waals surface area contributed by atoms with Crippen molar-refractivity contribution in [3.63, 3.8) is 0 Å². The lowest BCUT2D eigenvalue weighted by atomic mass is 9.93. The van der Waals surface area contributed by atoms with Crippen molar-refractivity contribution in [2.45, 2.75) is 24.8 Å². The van der Waals surface area contributed by atoms with Crippen molar-refractivity contribution >= 4 is 34.7 Å². The largest absolute Gasteiger partial charge is 0.467 e. The highest BCUT2D eigenvalue weighted by Gasteiger charge is 2.38. The minimum Gasteiger partial charge on any atom is -0.467 e. The maximum atomic E-state index is 12.8. The van der Waals surface area contributed by atoms with E-state index < -0.39 is 17.6 Å². The first-order chi connectivity index (χ1) is 15.4. The quantitative estimate of drug-likeness (QED) is 0.340. The molecule has 0 radical (unpaired) electrons. The van der Waals surface area contributed by atoms with Gasteiger partial charge in [0.25, 0.3) is 0 Å². The van der Waals surface area contributed by atoms with E-state index in [1.165, 1.54) is 7.11 Å². The molecule has 0 unspecified atom stereocenters. The molecule has 0 saturated carbocycles. The predicted molar refractivity (Wildman–Crippen MR) is 131 cm³/mol. The van der Waals surface area contributed by atoms with Crippen molar-refractivity contribution in [1.29, 1.82) is 0 Å². The van der Waals surface area contributed by atoms with Crippen molar-refractivity contribution in [2.75, 3.05) is 13.7 Å². The molecule has 0 saturated heterocycles. The van der Waals surface area contributed by atoms with Gasteiger partial charge in [0.15, 0.2) is 0 Å². The molecule has 4 rings (SSSR count). The van der Waals surface area contributed by atoms with Crippen LogP contribution in [0.4, 0.5) is 4.79 Å². The molecule has 0 heterocycles. The molecule has 5 nitrogen and oxygen atoms in total. The molecule has 1 aliphatic carbocycles. The van der Waals surface area contributed by atoms with Crippen LogP contribution in [0, 0.1) is 3.57 Å². The Morgan fingerprint density at radius 1 is 0.938 bits per heavy atom. The predicted octanol–water partition coefficient (Wildman–Crippen LogP) is 5.30. The molecule has 0 fully saturated rings. The fourth-order valence-electron chi connectivity index (χ4n) is 4.28. The number of hydrogen-bond donors (Lipinski definition) is 1. The summed E-state index contributed by atoms with van der Waals surface area (Å²) in [5.41, 5.74) is 4.29. The number of carbonyl (C=O) groups is 2. The molecule has 6 heteroatoms. The molecular formula is C26H24INO4. The standard InChI is InChI=1S/C26H24INO4/c1-26(24(29)31-2,15-17-9-3-8-14-23(17)27)28-25(30)32-16-22-20-12-6-4-10-18(20)19-11-5-7-13-21(19)22/h3-14,22H,15-16H2,1-2H3,(H,28,30)/t26-/m0/s1. The Bertz CT molecular complexity index is 1120. The number of halogens is 1. The normalized spacial score (nSPS) is 14.1. The summed E-state index contributed by atoms with van der Waals surface area (Å²) in [7, 11) is 1.32. The fraction of sp³-hybridized carbons (Fsp3) is 0.231. The van der Waals surface area contributed by atoms with Gasteiger partial charge in [-0.25, -0.2) is 9.59 Å². The molecule has 0 spiro atoms. The van der Waals surface area contributed by atoms with Gasteiger partial charge in [-0.1, -0.05) is 66.7 Å². The third-order valence-corrected chi connectivity index (χ3v) is 6.91. The number of carbonyl (C=O) groups excluding carboxylic acids is 2. The zero-order chi connectivity index (χ0) is 22.7. The van der Waals surface area contributed by atoms with Crippen LogP contribution < -0.4 is 5.32 Å². The smallest absolute Gasteiger partial charge is 0.408 e. The first-order valence-electron chi connectivity index (χ1n) is 10.4. The Hall–Kier alpha value is -2.87. The van der Waals surface area contributed by atoms with Crippen LogP contribution in [0.2, 0.25) is 0 Å². The van der Waals surface area contributed by atoms with Crippen molar-refractivity contribution in [3.05, 3.63) is 93.1 Å². The number of nitrogens with one attached hydrogen (secondary N) is 1. The molecule has 0 bridgehead atoms. The van der Waals surface area contributed by atoms with Gasteiger partial charge < -0.3 is 14.8 Å². The number of alkyl carbamates (subject to hydrolysis) is 1. The van der Waals surface area contributed by atoms with Gasteiger partial charge in [-0.15, -0.1) is 0 Å². The van der Waals surface area contributed by atoms with E-state index in [9.17, 15) is 9.59 Å². The van der Waals surface area contributed by atoms with Gasteiger partial charge >= 0.3 is 12.1 Å². The topological polar surface area (TPSA) is 64.6 Å². The molecule has 3 aromatic rings. The monoisotopic (exact) mass is 541 g/mol. The highest BCUT2D eigenvalue weighted by molar-refractivity contribution is 14.1. The van der Waals surface area contributed by atoms with Crippen LogP contribution in [0.25, 0.3) is 11.1 Å². The van der Waals surface area contributed by atoms with E-state index in [1.54, 1.807) is 6.92 Å². The number of esters is 1. The van der Waals surface area contributed by atoms with Gasteiger partial charge in [-0.3, -0.25) is 0 Å². The minimum atomic E-state index is -1.25. The van der Waals surface area contributed by atoms with E-state index in [0.29, 0.717) is 6.42 Å². The van der Waals surface area contributed by atoms with Crippen LogP contribution >= 0.6 is 22.6 Å². The summed E-state index contributed by atoms with van der Waals surface area (Å²) in [5, 5.41) is 2.75. The molecule has 1 amide bonds. The van der Waals surface area contributed by atoms with E-state index in [-0.39, 0.29) is 12.5 Å². The summed E-state index contributed by atoms with van der Waals surface area (Å²) in [6.07, 6.45) is -0.353. The second-order valence-corrected chi connectivity index (χ2v) is 9.20. The second-order valence-electron chi connectivity index (χ2n) is 8.04. The summed E-state index contributed by atoms with van der Waals surface area (Å²) in [6, 6.07) is 24.0. The summed E-state index contributed by atoms with van der Waals surface area (Å²) in [4.78, 5) is 25.4. The van der Waals surface area contributed by atoms with Crippen LogP contribution in [0.3, 0.4) is 0 Å². The van der Waals surface area contributed by atoms with Gasteiger partial charge in [-0.05, 0) is 63.4 Å². The highest BCUT2D eigenvalue weighted by Crippen LogP contribution is 2.44. The molecule has 0 aliphatic heterocycles. The molecule has 32 heavy (non-hydrogen) atoms. The lowest BCUT2D eigenvalue weighted by molar-refractivity contribution is -0.147. The summed E-state index contributed by atoms with van der Waals surface area (Å²) in [5.74, 6) is -0.571. The third-order valence-electron chi connectivity index (χ3n) is 5.86. The van der Waals surface area contributed by atoms with E-state index in [2.05, 4.69) is 52.2 Å². The SMILES string of the molecule is COC(=O)[C@](C)(Cc1ccccc1I)NC(=O)OCC1c2ccccc2-c2ccccc21. The third kappa shape index (κ3) is 4.37. The first kappa shape index (κ1) is 22.3. The van der Waals surface area contributed by atoms with E-state index in [0.717, 1.165) is 31.4 Å². The number of rotatable bonds is 6. The number of ether oxygens (including phenoxy) is 2. The molecule has 164 valence electrons. The summed E-state index contributed by atoms with van der Waals surface area (Å²) < 4.78 is 11.6. The van der Waals surface area contributed by atoms with Gasteiger partial charge in [0.05, 0.1) is 7.11 Å². The number of methoxy groups -OCH3 is 1. The summed E-state index contributed by atoms with van der Waals surface area (Å²) >= 11 is 2.22. The maximum Gasteiger partial charge on any atom is 0.408 e. The number of fused-ring (bicyclic) bond motifs is 3. The molecular weight excluding hydrogens is 517 g/mol. The lowest BCUT2D eigenvalue weighted by Crippen LogP contribution is -2.54.